The monoisotopic (exact) mass is 354 g/mol. The Hall–Kier alpha value is -2.59. The third kappa shape index (κ3) is 4.03. The highest BCUT2D eigenvalue weighted by atomic mass is 35.5. The van der Waals surface area contributed by atoms with Crippen LogP contribution in [0.2, 0.25) is 5.02 Å². The molecule has 0 bridgehead atoms. The molecule has 0 saturated heterocycles. The minimum Gasteiger partial charge on any atom is -0.427 e. The van der Waals surface area contributed by atoms with Crippen LogP contribution in [0.15, 0.2) is 36.5 Å². The van der Waals surface area contributed by atoms with Crippen LogP contribution >= 0.6 is 11.6 Å². The number of nitrogens with zero attached hydrogens (tertiary/aromatic N) is 2. The number of esters is 1. The minimum atomic E-state index is -4.57. The lowest BCUT2D eigenvalue weighted by Gasteiger charge is -2.13. The number of alkyl halides is 3. The van der Waals surface area contributed by atoms with E-state index >= 15 is 0 Å². The first-order valence-electron chi connectivity index (χ1n) is 6.63. The number of carbonyl (C=O) groups is 1. The highest BCUT2D eigenvalue weighted by Crippen LogP contribution is 2.34. The van der Waals surface area contributed by atoms with E-state index in [1.165, 1.54) is 31.2 Å². The van der Waals surface area contributed by atoms with Crippen LogP contribution in [0.4, 0.5) is 13.2 Å². The van der Waals surface area contributed by atoms with Crippen molar-refractivity contribution in [2.24, 2.45) is 0 Å². The Kier molecular flexibility index (Phi) is 5.10. The predicted octanol–water partition coefficient (Wildman–Crippen LogP) is 4.33. The summed E-state index contributed by atoms with van der Waals surface area (Å²) in [6, 6.07) is 8.67. The molecule has 1 aromatic heterocycles. The van der Waals surface area contributed by atoms with E-state index < -0.39 is 23.6 Å². The van der Waals surface area contributed by atoms with Gasteiger partial charge in [-0.1, -0.05) is 23.7 Å². The maximum atomic E-state index is 12.6. The van der Waals surface area contributed by atoms with Gasteiger partial charge in [0.25, 0.3) is 0 Å². The molecule has 8 heteroatoms. The van der Waals surface area contributed by atoms with Gasteiger partial charge in [0.2, 0.25) is 0 Å². The van der Waals surface area contributed by atoms with Gasteiger partial charge in [0.05, 0.1) is 22.3 Å². The van der Waals surface area contributed by atoms with Crippen molar-refractivity contribution in [1.82, 2.24) is 4.98 Å². The van der Waals surface area contributed by atoms with Crippen LogP contribution in [0.25, 0.3) is 0 Å². The van der Waals surface area contributed by atoms with Crippen LogP contribution < -0.4 is 4.74 Å². The summed E-state index contributed by atoms with van der Waals surface area (Å²) in [6.45, 7) is 1.25. The van der Waals surface area contributed by atoms with Crippen molar-refractivity contribution in [1.29, 1.82) is 5.26 Å². The Labute approximate surface area is 140 Å². The van der Waals surface area contributed by atoms with E-state index in [9.17, 15) is 23.2 Å². The molecule has 0 amide bonds. The Morgan fingerprint density at radius 3 is 2.42 bits per heavy atom. The number of halogens is 4. The highest BCUT2D eigenvalue weighted by molar-refractivity contribution is 6.31. The summed E-state index contributed by atoms with van der Waals surface area (Å²) in [6.07, 6.45) is -3.93. The van der Waals surface area contributed by atoms with E-state index in [4.69, 9.17) is 16.3 Å². The molecule has 124 valence electrons. The molecule has 0 aliphatic heterocycles. The van der Waals surface area contributed by atoms with Gasteiger partial charge >= 0.3 is 12.1 Å². The van der Waals surface area contributed by atoms with Gasteiger partial charge < -0.3 is 4.74 Å². The summed E-state index contributed by atoms with van der Waals surface area (Å²) in [7, 11) is 0. The fourth-order valence-corrected chi connectivity index (χ4v) is 2.28. The van der Waals surface area contributed by atoms with Crippen LogP contribution in [0.1, 0.15) is 29.7 Å². The second kappa shape index (κ2) is 6.89. The van der Waals surface area contributed by atoms with E-state index in [0.717, 1.165) is 6.07 Å². The van der Waals surface area contributed by atoms with Crippen molar-refractivity contribution < 1.29 is 22.7 Å². The molecule has 0 aliphatic carbocycles. The van der Waals surface area contributed by atoms with Gasteiger partial charge in [-0.25, -0.2) is 0 Å². The fourth-order valence-electron chi connectivity index (χ4n) is 2.00. The van der Waals surface area contributed by atoms with E-state index in [1.807, 2.05) is 6.07 Å². The number of aromatic nitrogens is 1. The molecule has 0 aliphatic rings. The molecule has 1 atom stereocenters. The maximum absolute atomic E-state index is 12.6. The molecule has 2 rings (SSSR count). The van der Waals surface area contributed by atoms with Crippen LogP contribution in [-0.2, 0) is 11.0 Å². The lowest BCUT2D eigenvalue weighted by atomic mass is 9.96. The fraction of sp³-hybridized carbons (Fsp3) is 0.188. The van der Waals surface area contributed by atoms with Gasteiger partial charge in [-0.3, -0.25) is 9.78 Å². The number of ether oxygens (including phenoxy) is 1. The van der Waals surface area contributed by atoms with E-state index in [0.29, 0.717) is 11.8 Å². The predicted molar refractivity (Wildman–Crippen MR) is 79.5 cm³/mol. The lowest BCUT2D eigenvalue weighted by molar-refractivity contribution is -0.138. The number of hydrogen-bond acceptors (Lipinski definition) is 4. The summed E-state index contributed by atoms with van der Waals surface area (Å²) < 4.78 is 42.8. The first-order chi connectivity index (χ1) is 11.2. The zero-order valence-electron chi connectivity index (χ0n) is 12.3. The Bertz CT molecular complexity index is 798. The first-order valence-corrected chi connectivity index (χ1v) is 7.01. The summed E-state index contributed by atoms with van der Waals surface area (Å²) >= 11 is 5.88. The molecule has 0 saturated carbocycles. The van der Waals surface area contributed by atoms with Crippen LogP contribution in [0.5, 0.6) is 5.75 Å². The Morgan fingerprint density at radius 2 is 1.96 bits per heavy atom. The molecule has 0 spiro atoms. The van der Waals surface area contributed by atoms with Crippen molar-refractivity contribution >= 4 is 17.6 Å². The van der Waals surface area contributed by atoms with Crippen LogP contribution in [0.3, 0.4) is 0 Å². The zero-order valence-corrected chi connectivity index (χ0v) is 13.0. The van der Waals surface area contributed by atoms with E-state index in [-0.39, 0.29) is 16.5 Å². The van der Waals surface area contributed by atoms with E-state index in [2.05, 4.69) is 4.98 Å². The SMILES string of the molecule is CC(=O)Oc1ccc([C@H](C#N)c2ncc(C(F)(F)F)cc2Cl)cc1. The molecule has 24 heavy (non-hydrogen) atoms. The van der Waals surface area contributed by atoms with Crippen LogP contribution in [0, 0.1) is 11.3 Å². The minimum absolute atomic E-state index is 0.0207. The number of rotatable bonds is 3. The van der Waals surface area contributed by atoms with Gasteiger partial charge in [-0.2, -0.15) is 18.4 Å². The molecule has 0 N–H and O–H groups in total. The summed E-state index contributed by atoms with van der Waals surface area (Å²) in [5.74, 6) is -1.16. The zero-order chi connectivity index (χ0) is 17.9. The van der Waals surface area contributed by atoms with Crippen molar-refractivity contribution in [3.63, 3.8) is 0 Å². The van der Waals surface area contributed by atoms with Gasteiger partial charge in [-0.15, -0.1) is 0 Å². The Morgan fingerprint density at radius 1 is 1.33 bits per heavy atom. The normalized spacial score (nSPS) is 12.3. The standard InChI is InChI=1S/C16H10ClF3N2O2/c1-9(23)24-12-4-2-10(3-5-12)13(7-21)15-14(17)6-11(8-22-15)16(18,19)20/h2-6,8,13H,1H3/t13-/m0/s1. The average molecular weight is 355 g/mol. The van der Waals surface area contributed by atoms with Crippen molar-refractivity contribution in [3.05, 3.63) is 58.4 Å². The number of carbonyl (C=O) groups excluding carboxylic acids is 1. The average Bonchev–Trinajstić information content (AvgIpc) is 2.49. The Balaban J connectivity index is 2.35. The lowest BCUT2D eigenvalue weighted by Crippen LogP contribution is -2.09. The molecular weight excluding hydrogens is 345 g/mol. The molecular formula is C16H10ClF3N2O2. The third-order valence-electron chi connectivity index (χ3n) is 3.07. The third-order valence-corrected chi connectivity index (χ3v) is 3.38. The smallest absolute Gasteiger partial charge is 0.417 e. The second-order valence-electron chi connectivity index (χ2n) is 4.81. The topological polar surface area (TPSA) is 63.0 Å². The van der Waals surface area contributed by atoms with Crippen molar-refractivity contribution in [2.75, 3.05) is 0 Å². The summed E-state index contributed by atoms with van der Waals surface area (Å²) in [5, 5.41) is 9.10. The van der Waals surface area contributed by atoms with Crippen molar-refractivity contribution in [3.8, 4) is 11.8 Å². The second-order valence-corrected chi connectivity index (χ2v) is 5.22. The molecule has 4 nitrogen and oxygen atoms in total. The van der Waals surface area contributed by atoms with Crippen LogP contribution in [-0.4, -0.2) is 11.0 Å². The highest BCUT2D eigenvalue weighted by Gasteiger charge is 2.32. The van der Waals surface area contributed by atoms with Gasteiger partial charge in [-0.05, 0) is 23.8 Å². The van der Waals surface area contributed by atoms with Gasteiger partial charge in [0.15, 0.2) is 0 Å². The largest absolute Gasteiger partial charge is 0.427 e. The molecule has 1 heterocycles. The molecule has 1 aromatic carbocycles. The number of hydrogen-bond donors (Lipinski definition) is 0. The molecule has 2 aromatic rings. The first kappa shape index (κ1) is 17.8. The molecule has 0 fully saturated rings. The summed E-state index contributed by atoms with van der Waals surface area (Å²) in [4.78, 5) is 14.6. The maximum Gasteiger partial charge on any atom is 0.417 e. The van der Waals surface area contributed by atoms with Gasteiger partial charge in [0.1, 0.15) is 11.7 Å². The number of pyridine rings is 1. The molecule has 0 radical (unpaired) electrons. The quantitative estimate of drug-likeness (QED) is 0.607. The number of nitriles is 1. The van der Waals surface area contributed by atoms with Gasteiger partial charge in [0, 0.05) is 13.1 Å². The van der Waals surface area contributed by atoms with Crippen molar-refractivity contribution in [2.45, 2.75) is 19.0 Å². The molecule has 0 unspecified atom stereocenters. The summed E-state index contributed by atoms with van der Waals surface area (Å²) in [5.41, 5.74) is -0.506. The number of benzene rings is 1. The van der Waals surface area contributed by atoms with E-state index in [1.54, 1.807) is 0 Å².